The first kappa shape index (κ1) is 11.7. The number of pyridine rings is 1. The number of nitrogens with two attached hydrogens (primary N) is 1. The van der Waals surface area contributed by atoms with Gasteiger partial charge in [-0.2, -0.15) is 0 Å². The Morgan fingerprint density at radius 1 is 1.44 bits per heavy atom. The highest BCUT2D eigenvalue weighted by molar-refractivity contribution is 5.49. The van der Waals surface area contributed by atoms with Crippen molar-refractivity contribution in [3.05, 3.63) is 18.5 Å². The molecule has 2 aliphatic rings. The van der Waals surface area contributed by atoms with E-state index in [2.05, 4.69) is 9.88 Å². The molecule has 2 saturated heterocycles. The Labute approximate surface area is 107 Å². The van der Waals surface area contributed by atoms with Crippen LogP contribution in [0.25, 0.3) is 0 Å². The lowest BCUT2D eigenvalue weighted by atomic mass is 10.0. The van der Waals surface area contributed by atoms with E-state index in [1.807, 2.05) is 6.07 Å². The summed E-state index contributed by atoms with van der Waals surface area (Å²) in [5, 5.41) is 0. The molecule has 0 spiro atoms. The van der Waals surface area contributed by atoms with Crippen LogP contribution in [0, 0.1) is 0 Å². The molecule has 1 aromatic rings. The quantitative estimate of drug-likeness (QED) is 0.862. The zero-order valence-electron chi connectivity index (χ0n) is 10.4. The van der Waals surface area contributed by atoms with Crippen molar-refractivity contribution < 1.29 is 9.47 Å². The molecule has 1 aromatic heterocycles. The molecule has 3 heterocycles. The molecule has 0 aromatic carbocycles. The van der Waals surface area contributed by atoms with Crippen LogP contribution in [0.5, 0.6) is 5.75 Å². The standard InChI is InChI=1S/C13H19N3O2/c14-12-6-15-4-3-13(12)18-11-2-1-5-16(7-11)10-8-17-9-10/h3-4,6,10-11H,1-2,5,7-9,14H2/t11-/m0/s1. The second-order valence-electron chi connectivity index (χ2n) is 4.98. The first-order valence-electron chi connectivity index (χ1n) is 6.51. The Hall–Kier alpha value is -1.33. The van der Waals surface area contributed by atoms with Crippen molar-refractivity contribution >= 4 is 5.69 Å². The molecule has 0 bridgehead atoms. The third-order valence-electron chi connectivity index (χ3n) is 3.65. The van der Waals surface area contributed by atoms with Gasteiger partial charge in [0.2, 0.25) is 0 Å². The fraction of sp³-hybridized carbons (Fsp3) is 0.615. The van der Waals surface area contributed by atoms with E-state index in [1.54, 1.807) is 12.4 Å². The van der Waals surface area contributed by atoms with Gasteiger partial charge in [-0.3, -0.25) is 9.88 Å². The van der Waals surface area contributed by atoms with Gasteiger partial charge in [-0.05, 0) is 19.4 Å². The highest BCUT2D eigenvalue weighted by Gasteiger charge is 2.31. The predicted molar refractivity (Wildman–Crippen MR) is 68.5 cm³/mol. The van der Waals surface area contributed by atoms with Gasteiger partial charge >= 0.3 is 0 Å². The van der Waals surface area contributed by atoms with Crippen molar-refractivity contribution in [2.24, 2.45) is 0 Å². The molecule has 18 heavy (non-hydrogen) atoms. The van der Waals surface area contributed by atoms with Crippen LogP contribution in [0.4, 0.5) is 5.69 Å². The molecule has 0 saturated carbocycles. The molecule has 0 radical (unpaired) electrons. The maximum atomic E-state index is 5.99. The SMILES string of the molecule is Nc1cnccc1O[C@H]1CCCN(C2COC2)C1. The van der Waals surface area contributed by atoms with Crippen molar-refractivity contribution in [3.63, 3.8) is 0 Å². The number of hydrogen-bond donors (Lipinski definition) is 1. The molecule has 2 fully saturated rings. The minimum Gasteiger partial charge on any atom is -0.487 e. The Balaban J connectivity index is 1.60. The lowest BCUT2D eigenvalue weighted by Crippen LogP contribution is -2.54. The zero-order valence-corrected chi connectivity index (χ0v) is 10.4. The van der Waals surface area contributed by atoms with E-state index < -0.39 is 0 Å². The lowest BCUT2D eigenvalue weighted by Gasteiger charge is -2.41. The maximum Gasteiger partial charge on any atom is 0.145 e. The van der Waals surface area contributed by atoms with Crippen molar-refractivity contribution in [1.82, 2.24) is 9.88 Å². The summed E-state index contributed by atoms with van der Waals surface area (Å²) in [5.74, 6) is 0.752. The summed E-state index contributed by atoms with van der Waals surface area (Å²) in [5.41, 5.74) is 6.46. The van der Waals surface area contributed by atoms with E-state index in [0.29, 0.717) is 11.7 Å². The van der Waals surface area contributed by atoms with E-state index in [9.17, 15) is 0 Å². The topological polar surface area (TPSA) is 60.6 Å². The maximum absolute atomic E-state index is 5.99. The predicted octanol–water partition coefficient (Wildman–Crippen LogP) is 0.906. The van der Waals surface area contributed by atoms with Gasteiger partial charge in [0.15, 0.2) is 0 Å². The highest BCUT2D eigenvalue weighted by atomic mass is 16.5. The molecule has 2 N–H and O–H groups in total. The molecular formula is C13H19N3O2. The van der Waals surface area contributed by atoms with Crippen LogP contribution >= 0.6 is 0 Å². The number of piperidine rings is 1. The Bertz CT molecular complexity index is 409. The smallest absolute Gasteiger partial charge is 0.145 e. The summed E-state index contributed by atoms with van der Waals surface area (Å²) < 4.78 is 11.2. The normalized spacial score (nSPS) is 25.7. The minimum absolute atomic E-state index is 0.226. The number of rotatable bonds is 3. The molecule has 0 unspecified atom stereocenters. The van der Waals surface area contributed by atoms with Gasteiger partial charge in [0.25, 0.3) is 0 Å². The van der Waals surface area contributed by atoms with Crippen molar-refractivity contribution in [2.45, 2.75) is 25.0 Å². The van der Waals surface area contributed by atoms with Gasteiger partial charge in [0, 0.05) is 18.8 Å². The van der Waals surface area contributed by atoms with Crippen molar-refractivity contribution in [2.75, 3.05) is 32.0 Å². The summed E-state index contributed by atoms with van der Waals surface area (Å²) in [6.07, 6.45) is 5.84. The number of ether oxygens (including phenoxy) is 2. The number of likely N-dealkylation sites (tertiary alicyclic amines) is 1. The van der Waals surface area contributed by atoms with Gasteiger partial charge in [-0.15, -0.1) is 0 Å². The fourth-order valence-electron chi connectivity index (χ4n) is 2.51. The van der Waals surface area contributed by atoms with E-state index >= 15 is 0 Å². The molecule has 1 atom stereocenters. The molecular weight excluding hydrogens is 230 g/mol. The second-order valence-corrected chi connectivity index (χ2v) is 4.98. The van der Waals surface area contributed by atoms with Crippen LogP contribution in [0.15, 0.2) is 18.5 Å². The van der Waals surface area contributed by atoms with Gasteiger partial charge in [-0.25, -0.2) is 0 Å². The number of nitrogen functional groups attached to an aromatic ring is 1. The minimum atomic E-state index is 0.226. The van der Waals surface area contributed by atoms with Gasteiger partial charge in [-0.1, -0.05) is 0 Å². The molecule has 2 aliphatic heterocycles. The second kappa shape index (κ2) is 5.12. The average molecular weight is 249 g/mol. The third-order valence-corrected chi connectivity index (χ3v) is 3.65. The number of anilines is 1. The molecule has 98 valence electrons. The Kier molecular flexibility index (Phi) is 3.34. The molecule has 5 heteroatoms. The summed E-state index contributed by atoms with van der Waals surface area (Å²) in [7, 11) is 0. The largest absolute Gasteiger partial charge is 0.487 e. The molecule has 3 rings (SSSR count). The van der Waals surface area contributed by atoms with Crippen LogP contribution in [-0.4, -0.2) is 48.3 Å². The summed E-state index contributed by atoms with van der Waals surface area (Å²) >= 11 is 0. The molecule has 5 nitrogen and oxygen atoms in total. The van der Waals surface area contributed by atoms with Crippen LogP contribution in [0.1, 0.15) is 12.8 Å². The van der Waals surface area contributed by atoms with Crippen LogP contribution in [0.3, 0.4) is 0 Å². The zero-order chi connectivity index (χ0) is 12.4. The van der Waals surface area contributed by atoms with E-state index in [1.165, 1.54) is 6.42 Å². The Morgan fingerprint density at radius 2 is 2.33 bits per heavy atom. The van der Waals surface area contributed by atoms with Crippen LogP contribution in [-0.2, 0) is 4.74 Å². The van der Waals surface area contributed by atoms with Gasteiger partial charge < -0.3 is 15.2 Å². The van der Waals surface area contributed by atoms with Gasteiger partial charge in [0.1, 0.15) is 11.9 Å². The highest BCUT2D eigenvalue weighted by Crippen LogP contribution is 2.25. The van der Waals surface area contributed by atoms with Gasteiger partial charge in [0.05, 0.1) is 31.1 Å². The molecule has 0 aliphatic carbocycles. The van der Waals surface area contributed by atoms with Crippen LogP contribution < -0.4 is 10.5 Å². The number of hydrogen-bond acceptors (Lipinski definition) is 5. The molecule has 0 amide bonds. The van der Waals surface area contributed by atoms with E-state index in [0.717, 1.165) is 38.5 Å². The lowest BCUT2D eigenvalue weighted by molar-refractivity contribution is -0.0824. The summed E-state index contributed by atoms with van der Waals surface area (Å²) in [6.45, 7) is 3.85. The first-order chi connectivity index (χ1) is 8.83. The monoisotopic (exact) mass is 249 g/mol. The van der Waals surface area contributed by atoms with Crippen molar-refractivity contribution in [1.29, 1.82) is 0 Å². The summed E-state index contributed by atoms with van der Waals surface area (Å²) in [4.78, 5) is 6.44. The average Bonchev–Trinajstić information content (AvgIpc) is 2.31. The van der Waals surface area contributed by atoms with Crippen LogP contribution in [0.2, 0.25) is 0 Å². The van der Waals surface area contributed by atoms with Crippen molar-refractivity contribution in [3.8, 4) is 5.75 Å². The first-order valence-corrected chi connectivity index (χ1v) is 6.51. The summed E-state index contributed by atoms with van der Waals surface area (Å²) in [6, 6.07) is 2.42. The fourth-order valence-corrected chi connectivity index (χ4v) is 2.51. The van der Waals surface area contributed by atoms with E-state index in [4.69, 9.17) is 15.2 Å². The van der Waals surface area contributed by atoms with E-state index in [-0.39, 0.29) is 6.10 Å². The number of aromatic nitrogens is 1. The third kappa shape index (κ3) is 2.42. The number of nitrogens with zero attached hydrogens (tertiary/aromatic N) is 2. The Morgan fingerprint density at radius 3 is 3.06 bits per heavy atom.